The van der Waals surface area contributed by atoms with Gasteiger partial charge >= 0.3 is 0 Å². The number of hydrogen-bond donors (Lipinski definition) is 3. The van der Waals surface area contributed by atoms with Gasteiger partial charge in [0.05, 0.1) is 0 Å². The minimum absolute atomic E-state index is 0.321. The number of nitrogens with one attached hydrogen (secondary N) is 1. The van der Waals surface area contributed by atoms with Crippen molar-refractivity contribution in [2.75, 3.05) is 5.73 Å². The Kier molecular flexibility index (Phi) is 3.55. The molecule has 0 saturated carbocycles. The van der Waals surface area contributed by atoms with Crippen LogP contribution in [0.2, 0.25) is 5.02 Å². The molecule has 0 saturated heterocycles. The van der Waals surface area contributed by atoms with Crippen molar-refractivity contribution in [1.29, 1.82) is 0 Å². The zero-order chi connectivity index (χ0) is 15.0. The topological polar surface area (TPSA) is 77.2 Å². The molecule has 1 aromatic heterocycles. The summed E-state index contributed by atoms with van der Waals surface area (Å²) in [5.74, 6) is 5.85. The fourth-order valence-electron chi connectivity index (χ4n) is 2.31. The van der Waals surface area contributed by atoms with Gasteiger partial charge in [0.1, 0.15) is 23.2 Å². The minimum atomic E-state index is -0.447. The van der Waals surface area contributed by atoms with Gasteiger partial charge in [0.15, 0.2) is 0 Å². The predicted octanol–water partition coefficient (Wildman–Crippen LogP) is 3.36. The molecule has 21 heavy (non-hydrogen) atoms. The van der Waals surface area contributed by atoms with Crippen LogP contribution >= 0.6 is 11.6 Å². The van der Waals surface area contributed by atoms with E-state index >= 15 is 0 Å². The van der Waals surface area contributed by atoms with Crippen molar-refractivity contribution in [1.82, 2.24) is 5.43 Å². The monoisotopic (exact) mass is 305 g/mol. The molecule has 0 aliphatic heterocycles. The van der Waals surface area contributed by atoms with Gasteiger partial charge in [0.2, 0.25) is 0 Å². The van der Waals surface area contributed by atoms with E-state index in [1.807, 2.05) is 0 Å². The first-order valence-electron chi connectivity index (χ1n) is 6.28. The summed E-state index contributed by atoms with van der Waals surface area (Å²) in [5, 5.41) is 1.21. The second-order valence-corrected chi connectivity index (χ2v) is 5.14. The maximum Gasteiger partial charge on any atom is 0.134 e. The van der Waals surface area contributed by atoms with Gasteiger partial charge in [-0.05, 0) is 36.4 Å². The van der Waals surface area contributed by atoms with Crippen molar-refractivity contribution in [3.8, 4) is 0 Å². The van der Waals surface area contributed by atoms with E-state index in [0.717, 1.165) is 5.56 Å². The normalized spacial score (nSPS) is 12.7. The highest BCUT2D eigenvalue weighted by atomic mass is 35.5. The van der Waals surface area contributed by atoms with Gasteiger partial charge in [-0.1, -0.05) is 17.7 Å². The summed E-state index contributed by atoms with van der Waals surface area (Å²) in [6.07, 6.45) is 0. The molecule has 0 amide bonds. The van der Waals surface area contributed by atoms with E-state index < -0.39 is 6.04 Å². The number of anilines is 1. The van der Waals surface area contributed by atoms with Gasteiger partial charge in [-0.25, -0.2) is 9.82 Å². The Hall–Kier alpha value is -2.08. The van der Waals surface area contributed by atoms with Crippen molar-refractivity contribution in [2.24, 2.45) is 5.84 Å². The third-order valence-electron chi connectivity index (χ3n) is 3.31. The highest BCUT2D eigenvalue weighted by Gasteiger charge is 2.19. The van der Waals surface area contributed by atoms with E-state index in [9.17, 15) is 4.39 Å². The predicted molar refractivity (Wildman–Crippen MR) is 81.2 cm³/mol. The Labute approximate surface area is 125 Å². The van der Waals surface area contributed by atoms with Gasteiger partial charge in [-0.3, -0.25) is 5.84 Å². The largest absolute Gasteiger partial charge is 0.459 e. The summed E-state index contributed by atoms with van der Waals surface area (Å²) in [6.45, 7) is 0. The highest BCUT2D eigenvalue weighted by Crippen LogP contribution is 2.32. The Morgan fingerprint density at radius 1 is 1.14 bits per heavy atom. The van der Waals surface area contributed by atoms with Crippen LogP contribution in [0, 0.1) is 5.82 Å². The highest BCUT2D eigenvalue weighted by molar-refractivity contribution is 6.30. The molecular weight excluding hydrogens is 293 g/mol. The fourth-order valence-corrected chi connectivity index (χ4v) is 2.49. The van der Waals surface area contributed by atoms with E-state index in [4.69, 9.17) is 27.6 Å². The number of benzene rings is 2. The lowest BCUT2D eigenvalue weighted by atomic mass is 10.0. The maximum atomic E-state index is 13.2. The maximum absolute atomic E-state index is 13.2. The third-order valence-corrected chi connectivity index (χ3v) is 3.54. The van der Waals surface area contributed by atoms with Crippen LogP contribution < -0.4 is 17.0 Å². The first-order valence-corrected chi connectivity index (χ1v) is 6.66. The molecule has 0 spiro atoms. The van der Waals surface area contributed by atoms with Crippen LogP contribution in [0.3, 0.4) is 0 Å². The van der Waals surface area contributed by atoms with Crippen LogP contribution in [0.25, 0.3) is 11.0 Å². The van der Waals surface area contributed by atoms with Crippen LogP contribution in [-0.2, 0) is 0 Å². The number of rotatable bonds is 3. The Morgan fingerprint density at radius 2 is 1.95 bits per heavy atom. The van der Waals surface area contributed by atoms with Crippen LogP contribution in [0.15, 0.2) is 46.9 Å². The first-order chi connectivity index (χ1) is 10.1. The smallest absolute Gasteiger partial charge is 0.134 e. The van der Waals surface area contributed by atoms with Crippen molar-refractivity contribution in [2.45, 2.75) is 6.04 Å². The molecule has 3 aromatic rings. The molecule has 1 heterocycles. The van der Waals surface area contributed by atoms with E-state index in [-0.39, 0.29) is 5.82 Å². The van der Waals surface area contributed by atoms with Crippen LogP contribution in [0.5, 0.6) is 0 Å². The molecule has 3 rings (SSSR count). The van der Waals surface area contributed by atoms with Crippen molar-refractivity contribution >= 4 is 28.3 Å². The number of hydrazine groups is 1. The lowest BCUT2D eigenvalue weighted by molar-refractivity contribution is 0.478. The first kappa shape index (κ1) is 13.9. The van der Waals surface area contributed by atoms with Gasteiger partial charge in [0.25, 0.3) is 0 Å². The van der Waals surface area contributed by atoms with Crippen LogP contribution in [0.4, 0.5) is 10.1 Å². The molecule has 4 nitrogen and oxygen atoms in total. The number of fused-ring (bicyclic) bond motifs is 1. The number of nitrogens with two attached hydrogens (primary N) is 2. The van der Waals surface area contributed by atoms with Crippen molar-refractivity contribution < 1.29 is 8.81 Å². The molecule has 2 aromatic carbocycles. The number of nitrogen functional groups attached to an aromatic ring is 1. The molecule has 0 fully saturated rings. The van der Waals surface area contributed by atoms with Gasteiger partial charge < -0.3 is 10.2 Å². The van der Waals surface area contributed by atoms with E-state index in [0.29, 0.717) is 27.4 Å². The molecule has 6 heteroatoms. The standard InChI is InChI=1S/C15H13ClFN3O/c16-9-1-3-11(12(18)7-9)15(20-19)14-6-8-5-10(17)2-4-13(8)21-14/h1-7,15,20H,18-19H2. The molecule has 1 unspecified atom stereocenters. The molecule has 5 N–H and O–H groups in total. The molecule has 1 atom stereocenters. The van der Waals surface area contributed by atoms with E-state index in [1.165, 1.54) is 12.1 Å². The second-order valence-electron chi connectivity index (χ2n) is 4.70. The zero-order valence-electron chi connectivity index (χ0n) is 10.9. The quantitative estimate of drug-likeness (QED) is 0.394. The Morgan fingerprint density at radius 3 is 2.67 bits per heavy atom. The SMILES string of the molecule is NNC(c1cc2cc(F)ccc2o1)c1ccc(Cl)cc1N. The molecule has 108 valence electrons. The lowest BCUT2D eigenvalue weighted by Crippen LogP contribution is -2.29. The molecule has 0 bridgehead atoms. The summed E-state index contributed by atoms with van der Waals surface area (Å²) < 4.78 is 19.0. The second kappa shape index (κ2) is 5.37. The van der Waals surface area contributed by atoms with Gasteiger partial charge in [-0.2, -0.15) is 0 Å². The minimum Gasteiger partial charge on any atom is -0.459 e. The molecule has 0 aliphatic rings. The lowest BCUT2D eigenvalue weighted by Gasteiger charge is -2.16. The van der Waals surface area contributed by atoms with Crippen LogP contribution in [0.1, 0.15) is 17.4 Å². The third kappa shape index (κ3) is 2.58. The summed E-state index contributed by atoms with van der Waals surface area (Å²) >= 11 is 5.90. The fraction of sp³-hybridized carbons (Fsp3) is 0.0667. The number of furan rings is 1. The average molecular weight is 306 g/mol. The van der Waals surface area contributed by atoms with Crippen molar-refractivity contribution in [3.05, 3.63) is 64.6 Å². The molecule has 0 radical (unpaired) electrons. The van der Waals surface area contributed by atoms with E-state index in [1.54, 1.807) is 30.3 Å². The zero-order valence-corrected chi connectivity index (χ0v) is 11.7. The van der Waals surface area contributed by atoms with Gasteiger partial charge in [0, 0.05) is 21.7 Å². The van der Waals surface area contributed by atoms with Gasteiger partial charge in [-0.15, -0.1) is 0 Å². The Balaban J connectivity index is 2.09. The summed E-state index contributed by atoms with van der Waals surface area (Å²) in [7, 11) is 0. The summed E-state index contributed by atoms with van der Waals surface area (Å²) in [6, 6.07) is 10.7. The summed E-state index contributed by atoms with van der Waals surface area (Å²) in [4.78, 5) is 0. The average Bonchev–Trinajstić information content (AvgIpc) is 2.84. The van der Waals surface area contributed by atoms with Crippen molar-refractivity contribution in [3.63, 3.8) is 0 Å². The molecular formula is C15H13ClFN3O. The molecule has 0 aliphatic carbocycles. The number of halogens is 2. The van der Waals surface area contributed by atoms with E-state index in [2.05, 4.69) is 5.43 Å². The summed E-state index contributed by atoms with van der Waals surface area (Å²) in [5.41, 5.74) is 10.4. The Bertz CT molecular complexity index is 803. The van der Waals surface area contributed by atoms with Crippen LogP contribution in [-0.4, -0.2) is 0 Å². The number of hydrogen-bond acceptors (Lipinski definition) is 4.